The minimum atomic E-state index is -0.505. The lowest BCUT2D eigenvalue weighted by atomic mass is 10.8. The molecule has 0 fully saturated rings. The maximum atomic E-state index is 10.9. The van der Waals surface area contributed by atoms with E-state index in [1.807, 2.05) is 0 Å². The summed E-state index contributed by atoms with van der Waals surface area (Å²) in [4.78, 5) is 14.6. The van der Waals surface area contributed by atoms with Gasteiger partial charge < -0.3 is 4.74 Å². The van der Waals surface area contributed by atoms with Crippen LogP contribution in [0.5, 0.6) is 0 Å². The standard InChI is InChI=1S/C6H7ClN2O2/c1-2-11-6(10)9-4-3-8-5(9)7/h3-4H,2H2,1H3. The zero-order chi connectivity index (χ0) is 8.27. The van der Waals surface area contributed by atoms with Crippen molar-refractivity contribution in [3.8, 4) is 0 Å². The molecular weight excluding hydrogens is 168 g/mol. The summed E-state index contributed by atoms with van der Waals surface area (Å²) in [6.07, 6.45) is 2.37. The van der Waals surface area contributed by atoms with Gasteiger partial charge in [-0.1, -0.05) is 0 Å². The highest BCUT2D eigenvalue weighted by Gasteiger charge is 2.07. The SMILES string of the molecule is CCOC(=O)n1ccnc1Cl. The van der Waals surface area contributed by atoms with Crippen LogP contribution in [0.2, 0.25) is 5.28 Å². The van der Waals surface area contributed by atoms with Gasteiger partial charge >= 0.3 is 6.09 Å². The van der Waals surface area contributed by atoms with Gasteiger partial charge in [-0.2, -0.15) is 0 Å². The number of nitrogens with zero attached hydrogens (tertiary/aromatic N) is 2. The van der Waals surface area contributed by atoms with Crippen LogP contribution in [0.15, 0.2) is 12.4 Å². The maximum absolute atomic E-state index is 10.9. The van der Waals surface area contributed by atoms with E-state index < -0.39 is 6.09 Å². The Balaban J connectivity index is 2.76. The average Bonchev–Trinajstić information content (AvgIpc) is 2.36. The number of halogens is 1. The Morgan fingerprint density at radius 1 is 1.91 bits per heavy atom. The molecule has 0 aromatic carbocycles. The molecule has 1 rings (SSSR count). The number of carbonyl (C=O) groups is 1. The minimum absolute atomic E-state index is 0.114. The van der Waals surface area contributed by atoms with Crippen molar-refractivity contribution in [2.45, 2.75) is 6.92 Å². The van der Waals surface area contributed by atoms with Crippen molar-refractivity contribution in [1.29, 1.82) is 0 Å². The first-order valence-electron chi connectivity index (χ1n) is 3.11. The summed E-state index contributed by atoms with van der Waals surface area (Å²) in [6.45, 7) is 2.05. The van der Waals surface area contributed by atoms with Gasteiger partial charge in [-0.05, 0) is 18.5 Å². The van der Waals surface area contributed by atoms with Gasteiger partial charge in [0, 0.05) is 12.4 Å². The molecule has 0 amide bonds. The molecule has 0 N–H and O–H groups in total. The third-order valence-corrected chi connectivity index (χ3v) is 1.34. The van der Waals surface area contributed by atoms with Crippen molar-refractivity contribution < 1.29 is 9.53 Å². The summed E-state index contributed by atoms with van der Waals surface area (Å²) in [6, 6.07) is 0. The maximum Gasteiger partial charge on any atom is 0.420 e. The summed E-state index contributed by atoms with van der Waals surface area (Å²) < 4.78 is 5.80. The highest BCUT2D eigenvalue weighted by Crippen LogP contribution is 2.04. The number of hydrogen-bond acceptors (Lipinski definition) is 3. The van der Waals surface area contributed by atoms with Crippen molar-refractivity contribution in [3.05, 3.63) is 17.7 Å². The van der Waals surface area contributed by atoms with E-state index in [0.717, 1.165) is 4.57 Å². The number of carbonyl (C=O) groups excluding carboxylic acids is 1. The van der Waals surface area contributed by atoms with E-state index in [1.54, 1.807) is 6.92 Å². The monoisotopic (exact) mass is 174 g/mol. The summed E-state index contributed by atoms with van der Waals surface area (Å²) in [5.74, 6) is 0. The Labute approximate surface area is 68.7 Å². The molecule has 0 unspecified atom stereocenters. The van der Waals surface area contributed by atoms with Gasteiger partial charge in [0.15, 0.2) is 0 Å². The van der Waals surface area contributed by atoms with Crippen LogP contribution in [0.4, 0.5) is 4.79 Å². The van der Waals surface area contributed by atoms with Crippen LogP contribution in [0.25, 0.3) is 0 Å². The molecule has 11 heavy (non-hydrogen) atoms. The molecule has 1 aromatic heterocycles. The van der Waals surface area contributed by atoms with E-state index in [0.29, 0.717) is 6.61 Å². The molecule has 4 nitrogen and oxygen atoms in total. The number of hydrogen-bond donors (Lipinski definition) is 0. The molecule has 0 bridgehead atoms. The fourth-order valence-corrected chi connectivity index (χ4v) is 0.796. The molecule has 60 valence electrons. The Kier molecular flexibility index (Phi) is 2.48. The topological polar surface area (TPSA) is 44.1 Å². The molecule has 0 aliphatic heterocycles. The van der Waals surface area contributed by atoms with Gasteiger partial charge in [-0.3, -0.25) is 0 Å². The van der Waals surface area contributed by atoms with Crippen LogP contribution in [-0.4, -0.2) is 22.3 Å². The van der Waals surface area contributed by atoms with Crippen molar-refractivity contribution in [2.24, 2.45) is 0 Å². The van der Waals surface area contributed by atoms with E-state index in [9.17, 15) is 4.79 Å². The summed E-state index contributed by atoms with van der Waals surface area (Å²) >= 11 is 5.52. The molecule has 1 aromatic rings. The fourth-order valence-electron chi connectivity index (χ4n) is 0.614. The van der Waals surface area contributed by atoms with Crippen LogP contribution in [0, 0.1) is 0 Å². The number of rotatable bonds is 1. The van der Waals surface area contributed by atoms with Crippen LogP contribution >= 0.6 is 11.6 Å². The molecule has 0 saturated carbocycles. The summed E-state index contributed by atoms with van der Waals surface area (Å²) in [5, 5.41) is 0.114. The van der Waals surface area contributed by atoms with Gasteiger partial charge in [-0.15, -0.1) is 0 Å². The molecule has 0 spiro atoms. The molecule has 0 radical (unpaired) electrons. The first kappa shape index (κ1) is 8.07. The summed E-state index contributed by atoms with van der Waals surface area (Å²) in [5.41, 5.74) is 0. The lowest BCUT2D eigenvalue weighted by Gasteiger charge is -2.00. The van der Waals surface area contributed by atoms with Crippen LogP contribution < -0.4 is 0 Å². The van der Waals surface area contributed by atoms with Gasteiger partial charge in [0.25, 0.3) is 0 Å². The second-order valence-corrected chi connectivity index (χ2v) is 2.10. The van der Waals surface area contributed by atoms with E-state index in [4.69, 9.17) is 11.6 Å². The molecular formula is C6H7ClN2O2. The molecule has 5 heteroatoms. The third-order valence-electron chi connectivity index (χ3n) is 1.06. The van der Waals surface area contributed by atoms with Crippen molar-refractivity contribution in [2.75, 3.05) is 6.61 Å². The lowest BCUT2D eigenvalue weighted by Crippen LogP contribution is -2.12. The van der Waals surface area contributed by atoms with Crippen LogP contribution in [0.3, 0.4) is 0 Å². The molecule has 0 saturated heterocycles. The Morgan fingerprint density at radius 2 is 2.64 bits per heavy atom. The molecule has 0 aliphatic carbocycles. The zero-order valence-electron chi connectivity index (χ0n) is 5.95. The Bertz CT molecular complexity index is 259. The fraction of sp³-hybridized carbons (Fsp3) is 0.333. The van der Waals surface area contributed by atoms with E-state index in [2.05, 4.69) is 9.72 Å². The van der Waals surface area contributed by atoms with Gasteiger partial charge in [0.05, 0.1) is 6.61 Å². The Hall–Kier alpha value is -1.03. The normalized spacial score (nSPS) is 9.64. The zero-order valence-corrected chi connectivity index (χ0v) is 6.71. The second kappa shape index (κ2) is 3.39. The number of imidazole rings is 1. The highest BCUT2D eigenvalue weighted by molar-refractivity contribution is 6.29. The number of aromatic nitrogens is 2. The van der Waals surface area contributed by atoms with Gasteiger partial charge in [0.1, 0.15) is 0 Å². The van der Waals surface area contributed by atoms with Crippen LogP contribution in [-0.2, 0) is 4.74 Å². The minimum Gasteiger partial charge on any atom is -0.449 e. The number of ether oxygens (including phenoxy) is 1. The largest absolute Gasteiger partial charge is 0.449 e. The molecule has 1 heterocycles. The molecule has 0 aliphatic rings. The predicted octanol–water partition coefficient (Wildman–Crippen LogP) is 1.54. The first-order chi connectivity index (χ1) is 5.25. The second-order valence-electron chi connectivity index (χ2n) is 1.77. The quantitative estimate of drug-likeness (QED) is 0.649. The average molecular weight is 175 g/mol. The van der Waals surface area contributed by atoms with Crippen molar-refractivity contribution in [3.63, 3.8) is 0 Å². The highest BCUT2D eigenvalue weighted by atomic mass is 35.5. The smallest absolute Gasteiger partial charge is 0.420 e. The van der Waals surface area contributed by atoms with E-state index in [1.165, 1.54) is 12.4 Å². The lowest BCUT2D eigenvalue weighted by molar-refractivity contribution is 0.154. The van der Waals surface area contributed by atoms with Crippen molar-refractivity contribution in [1.82, 2.24) is 9.55 Å². The first-order valence-corrected chi connectivity index (χ1v) is 3.49. The third kappa shape index (κ3) is 1.71. The van der Waals surface area contributed by atoms with Gasteiger partial charge in [-0.25, -0.2) is 14.3 Å². The van der Waals surface area contributed by atoms with Gasteiger partial charge in [0.2, 0.25) is 5.28 Å². The van der Waals surface area contributed by atoms with Crippen LogP contribution in [0.1, 0.15) is 6.92 Å². The Morgan fingerprint density at radius 3 is 3.09 bits per heavy atom. The van der Waals surface area contributed by atoms with E-state index in [-0.39, 0.29) is 5.28 Å². The van der Waals surface area contributed by atoms with E-state index >= 15 is 0 Å². The predicted molar refractivity (Wildman–Crippen MR) is 39.7 cm³/mol. The van der Waals surface area contributed by atoms with Crippen molar-refractivity contribution >= 4 is 17.7 Å². The molecule has 0 atom stereocenters. The summed E-state index contributed by atoms with van der Waals surface area (Å²) in [7, 11) is 0.